The summed E-state index contributed by atoms with van der Waals surface area (Å²) in [6.07, 6.45) is 2.73. The van der Waals surface area contributed by atoms with Crippen LogP contribution >= 0.6 is 11.3 Å². The van der Waals surface area contributed by atoms with Crippen LogP contribution in [0.4, 0.5) is 10.1 Å². The van der Waals surface area contributed by atoms with E-state index in [0.29, 0.717) is 0 Å². The molecule has 4 rings (SSSR count). The average Bonchev–Trinajstić information content (AvgIpc) is 3.29. The summed E-state index contributed by atoms with van der Waals surface area (Å²) in [5.41, 5.74) is 2.52. The maximum absolute atomic E-state index is 13.4. The Hall–Kier alpha value is -2.71. The van der Waals surface area contributed by atoms with E-state index in [-0.39, 0.29) is 22.5 Å². The second kappa shape index (κ2) is 8.57. The predicted octanol–water partition coefficient (Wildman–Crippen LogP) is 4.28. The molecule has 0 fully saturated rings. The number of anilines is 1. The van der Waals surface area contributed by atoms with Crippen molar-refractivity contribution < 1.29 is 17.6 Å². The van der Waals surface area contributed by atoms with Gasteiger partial charge >= 0.3 is 0 Å². The Morgan fingerprint density at radius 2 is 1.87 bits per heavy atom. The molecule has 0 saturated heterocycles. The van der Waals surface area contributed by atoms with Crippen molar-refractivity contribution in [2.24, 2.45) is 0 Å². The first-order valence-electron chi connectivity index (χ1n) is 9.64. The van der Waals surface area contributed by atoms with Crippen LogP contribution in [-0.2, 0) is 21.2 Å². The van der Waals surface area contributed by atoms with E-state index in [0.717, 1.165) is 40.5 Å². The zero-order valence-electron chi connectivity index (χ0n) is 16.1. The van der Waals surface area contributed by atoms with Gasteiger partial charge in [0.1, 0.15) is 16.6 Å². The second-order valence-corrected chi connectivity index (χ2v) is 10.2. The van der Waals surface area contributed by atoms with Crippen molar-refractivity contribution in [2.75, 3.05) is 10.8 Å². The number of nitrogens with one attached hydrogen (secondary N) is 1. The Kier molecular flexibility index (Phi) is 5.87. The number of amides is 1. The smallest absolute Gasteiger partial charge is 0.274 e. The summed E-state index contributed by atoms with van der Waals surface area (Å²) in [7, 11) is -3.95. The molecular weight excluding hydrogens is 423 g/mol. The first-order chi connectivity index (χ1) is 14.4. The molecule has 1 aliphatic rings. The molecule has 0 unspecified atom stereocenters. The van der Waals surface area contributed by atoms with Gasteiger partial charge < -0.3 is 5.32 Å². The molecule has 1 aliphatic carbocycles. The van der Waals surface area contributed by atoms with Gasteiger partial charge in [0.25, 0.3) is 10.0 Å². The first-order valence-corrected chi connectivity index (χ1v) is 12.0. The molecule has 2 aromatic carbocycles. The van der Waals surface area contributed by atoms with Gasteiger partial charge in [0.15, 0.2) is 0 Å². The van der Waals surface area contributed by atoms with Gasteiger partial charge in [-0.3, -0.25) is 9.10 Å². The molecule has 0 spiro atoms. The Morgan fingerprint density at radius 1 is 1.10 bits per heavy atom. The maximum Gasteiger partial charge on any atom is 0.274 e. The van der Waals surface area contributed by atoms with Crippen molar-refractivity contribution in [2.45, 2.75) is 29.5 Å². The van der Waals surface area contributed by atoms with Gasteiger partial charge in [0.2, 0.25) is 5.91 Å². The van der Waals surface area contributed by atoms with Crippen LogP contribution in [0.5, 0.6) is 0 Å². The second-order valence-electron chi connectivity index (χ2n) is 7.13. The van der Waals surface area contributed by atoms with Gasteiger partial charge in [0, 0.05) is 0 Å². The Morgan fingerprint density at radius 3 is 2.60 bits per heavy atom. The minimum absolute atomic E-state index is 0.127. The van der Waals surface area contributed by atoms with Gasteiger partial charge in [-0.2, -0.15) is 0 Å². The standard InChI is InChI=1S/C22H21FN2O3S2/c23-17-10-12-18(13-11-17)25(30(27,28)22-9-4-14-29-22)15-21(26)24-20-8-3-6-16-5-1-2-7-19(16)20/h1-2,4-5,7,9-14,20H,3,6,8,15H2,(H,24,26)/t20-/m0/s1. The van der Waals surface area contributed by atoms with Crippen molar-refractivity contribution in [3.63, 3.8) is 0 Å². The third kappa shape index (κ3) is 4.24. The normalized spacial score (nSPS) is 16.0. The minimum atomic E-state index is -3.95. The number of fused-ring (bicyclic) bond motifs is 1. The van der Waals surface area contributed by atoms with Crippen LogP contribution in [0, 0.1) is 5.82 Å². The van der Waals surface area contributed by atoms with Gasteiger partial charge in [-0.05, 0) is 66.1 Å². The first kappa shape index (κ1) is 20.6. The highest BCUT2D eigenvalue weighted by Crippen LogP contribution is 2.30. The van der Waals surface area contributed by atoms with Crippen LogP contribution in [0.15, 0.2) is 70.3 Å². The van der Waals surface area contributed by atoms with E-state index in [2.05, 4.69) is 11.4 Å². The number of nitrogens with zero attached hydrogens (tertiary/aromatic N) is 1. The lowest BCUT2D eigenvalue weighted by molar-refractivity contribution is -0.120. The fourth-order valence-corrected chi connectivity index (χ4v) is 6.24. The third-order valence-corrected chi connectivity index (χ3v) is 8.29. The van der Waals surface area contributed by atoms with Crippen molar-refractivity contribution in [3.05, 3.63) is 83.0 Å². The van der Waals surface area contributed by atoms with Crippen LogP contribution in [0.1, 0.15) is 30.0 Å². The van der Waals surface area contributed by atoms with Crippen LogP contribution < -0.4 is 9.62 Å². The number of aryl methyl sites for hydroxylation is 1. The highest BCUT2D eigenvalue weighted by Gasteiger charge is 2.29. The molecule has 0 radical (unpaired) electrons. The van der Waals surface area contributed by atoms with E-state index < -0.39 is 21.7 Å². The van der Waals surface area contributed by atoms with Crippen molar-refractivity contribution in [1.29, 1.82) is 0 Å². The molecule has 156 valence electrons. The van der Waals surface area contributed by atoms with Crippen LogP contribution in [0.2, 0.25) is 0 Å². The molecule has 1 heterocycles. The largest absolute Gasteiger partial charge is 0.348 e. The molecule has 1 N–H and O–H groups in total. The number of hydrogen-bond donors (Lipinski definition) is 1. The number of thiophene rings is 1. The predicted molar refractivity (Wildman–Crippen MR) is 116 cm³/mol. The molecule has 5 nitrogen and oxygen atoms in total. The molecule has 0 aliphatic heterocycles. The average molecular weight is 445 g/mol. The summed E-state index contributed by atoms with van der Waals surface area (Å²) in [6.45, 7) is -0.384. The summed E-state index contributed by atoms with van der Waals surface area (Å²) in [4.78, 5) is 12.9. The number of sulfonamides is 1. The zero-order chi connectivity index (χ0) is 21.1. The summed E-state index contributed by atoms with van der Waals surface area (Å²) >= 11 is 1.07. The summed E-state index contributed by atoms with van der Waals surface area (Å²) in [5.74, 6) is -0.878. The number of rotatable bonds is 6. The van der Waals surface area contributed by atoms with Crippen LogP contribution in [-0.4, -0.2) is 20.9 Å². The number of hydrogen-bond acceptors (Lipinski definition) is 4. The number of carbonyl (C=O) groups excluding carboxylic acids is 1. The van der Waals surface area contributed by atoms with Gasteiger partial charge in [-0.1, -0.05) is 30.3 Å². The SMILES string of the molecule is O=C(CN(c1ccc(F)cc1)S(=O)(=O)c1cccs1)N[C@H]1CCCc2ccccc21. The number of carbonyl (C=O) groups is 1. The third-order valence-electron chi connectivity index (χ3n) is 5.15. The maximum atomic E-state index is 13.4. The lowest BCUT2D eigenvalue weighted by Crippen LogP contribution is -2.42. The minimum Gasteiger partial charge on any atom is -0.348 e. The lowest BCUT2D eigenvalue weighted by Gasteiger charge is -2.28. The highest BCUT2D eigenvalue weighted by atomic mass is 32.2. The topological polar surface area (TPSA) is 66.5 Å². The zero-order valence-corrected chi connectivity index (χ0v) is 17.8. The molecule has 8 heteroatoms. The molecule has 0 saturated carbocycles. The van der Waals surface area contributed by atoms with E-state index in [4.69, 9.17) is 0 Å². The number of halogens is 1. The Balaban J connectivity index is 1.59. The monoisotopic (exact) mass is 444 g/mol. The van der Waals surface area contributed by atoms with Gasteiger partial charge in [-0.15, -0.1) is 11.3 Å². The van der Waals surface area contributed by atoms with Crippen LogP contribution in [0.25, 0.3) is 0 Å². The summed E-state index contributed by atoms with van der Waals surface area (Å²) in [5, 5.41) is 4.65. The summed E-state index contributed by atoms with van der Waals surface area (Å²) < 4.78 is 40.9. The van der Waals surface area contributed by atoms with E-state index >= 15 is 0 Å². The van der Waals surface area contributed by atoms with Crippen molar-refractivity contribution >= 4 is 33.0 Å². The molecule has 30 heavy (non-hydrogen) atoms. The van der Waals surface area contributed by atoms with Crippen molar-refractivity contribution in [1.82, 2.24) is 5.32 Å². The number of benzene rings is 2. The van der Waals surface area contributed by atoms with Gasteiger partial charge in [0.05, 0.1) is 11.7 Å². The van der Waals surface area contributed by atoms with Crippen molar-refractivity contribution in [3.8, 4) is 0 Å². The fourth-order valence-electron chi connectivity index (χ4n) is 3.72. The Labute approximate surface area is 179 Å². The molecule has 0 bridgehead atoms. The van der Waals surface area contributed by atoms with E-state index in [1.807, 2.05) is 18.2 Å². The molecule has 1 amide bonds. The quantitative estimate of drug-likeness (QED) is 0.617. The van der Waals surface area contributed by atoms with E-state index in [1.165, 1.54) is 35.9 Å². The Bertz CT molecular complexity index is 1130. The summed E-state index contributed by atoms with van der Waals surface area (Å²) in [6, 6.07) is 16.0. The van der Waals surface area contributed by atoms with E-state index in [1.54, 1.807) is 11.4 Å². The molecular formula is C22H21FN2O3S2. The van der Waals surface area contributed by atoms with E-state index in [9.17, 15) is 17.6 Å². The molecule has 3 aromatic rings. The highest BCUT2D eigenvalue weighted by molar-refractivity contribution is 7.94. The lowest BCUT2D eigenvalue weighted by atomic mass is 9.88. The van der Waals surface area contributed by atoms with Crippen LogP contribution in [0.3, 0.4) is 0 Å². The van der Waals surface area contributed by atoms with Gasteiger partial charge in [-0.25, -0.2) is 12.8 Å². The molecule has 1 atom stereocenters. The fraction of sp³-hybridized carbons (Fsp3) is 0.227. The molecule has 1 aromatic heterocycles.